The van der Waals surface area contributed by atoms with Gasteiger partial charge in [-0.05, 0) is 113 Å². The van der Waals surface area contributed by atoms with Crippen molar-refractivity contribution in [1.82, 2.24) is 0 Å². The van der Waals surface area contributed by atoms with Crippen LogP contribution in [0.2, 0.25) is 0 Å². The van der Waals surface area contributed by atoms with Crippen molar-refractivity contribution in [2.24, 2.45) is 0 Å². The van der Waals surface area contributed by atoms with Crippen molar-refractivity contribution < 1.29 is 0 Å². The molecule has 8 aromatic carbocycles. The molecule has 11 rings (SSSR count). The number of thioether (sulfide) groups is 1. The fourth-order valence-electron chi connectivity index (χ4n) is 9.13. The zero-order valence-corrected chi connectivity index (χ0v) is 30.8. The van der Waals surface area contributed by atoms with Gasteiger partial charge in [0.25, 0.3) is 0 Å². The standard InChI is InChI=1S/C51H34S2/c1-31-26-28-46(52-31)50-40-22-11-7-18-36(40)48(37-19-8-12-23-41(37)50)33-27-29-45-44(30-33)42-24-13-25-43(51(42)53-45)49-38-20-9-5-16-34(38)47(32-14-3-2-4-15-32)35-17-6-10-21-39(35)49/h2-30,42,51H,1H3. The van der Waals surface area contributed by atoms with Gasteiger partial charge in [-0.25, -0.2) is 0 Å². The highest BCUT2D eigenvalue weighted by molar-refractivity contribution is 8.00. The van der Waals surface area contributed by atoms with Crippen LogP contribution >= 0.6 is 23.1 Å². The minimum atomic E-state index is 0.284. The maximum Gasteiger partial charge on any atom is 0.0454 e. The van der Waals surface area contributed by atoms with E-state index >= 15 is 0 Å². The lowest BCUT2D eigenvalue weighted by Gasteiger charge is -2.26. The Balaban J connectivity index is 1.08. The highest BCUT2D eigenvalue weighted by atomic mass is 32.2. The highest BCUT2D eigenvalue weighted by Gasteiger charge is 2.37. The first-order chi connectivity index (χ1) is 26.2. The van der Waals surface area contributed by atoms with E-state index in [0.717, 1.165) is 0 Å². The van der Waals surface area contributed by atoms with Crippen LogP contribution in [0.15, 0.2) is 181 Å². The van der Waals surface area contributed by atoms with Crippen molar-refractivity contribution in [1.29, 1.82) is 0 Å². The smallest absolute Gasteiger partial charge is 0.0454 e. The van der Waals surface area contributed by atoms with Crippen LogP contribution in [-0.2, 0) is 0 Å². The minimum Gasteiger partial charge on any atom is -0.141 e. The lowest BCUT2D eigenvalue weighted by Crippen LogP contribution is -2.14. The van der Waals surface area contributed by atoms with Crippen LogP contribution < -0.4 is 0 Å². The summed E-state index contributed by atoms with van der Waals surface area (Å²) in [4.78, 5) is 4.05. The summed E-state index contributed by atoms with van der Waals surface area (Å²) in [5.41, 5.74) is 10.8. The lowest BCUT2D eigenvalue weighted by atomic mass is 9.79. The Hall–Kier alpha value is -5.67. The molecule has 1 aliphatic heterocycles. The number of aryl methyl sites for hydroxylation is 1. The molecule has 0 N–H and O–H groups in total. The molecule has 0 amide bonds. The molecule has 0 saturated heterocycles. The number of hydrogen-bond acceptors (Lipinski definition) is 2. The van der Waals surface area contributed by atoms with E-state index in [2.05, 4.69) is 183 Å². The van der Waals surface area contributed by atoms with Gasteiger partial charge in [0.15, 0.2) is 0 Å². The quantitative estimate of drug-likeness (QED) is 0.164. The van der Waals surface area contributed by atoms with E-state index in [9.17, 15) is 0 Å². The largest absolute Gasteiger partial charge is 0.141 e. The number of benzene rings is 8. The second kappa shape index (κ2) is 12.2. The third-order valence-corrected chi connectivity index (χ3v) is 13.8. The summed E-state index contributed by atoms with van der Waals surface area (Å²) in [6, 6.07) is 58.8. The van der Waals surface area contributed by atoms with Gasteiger partial charge in [-0.1, -0.05) is 152 Å². The number of allylic oxidation sites excluding steroid dienone is 3. The van der Waals surface area contributed by atoms with Gasteiger partial charge < -0.3 is 0 Å². The summed E-state index contributed by atoms with van der Waals surface area (Å²) >= 11 is 3.92. The molecule has 0 bridgehead atoms. The topological polar surface area (TPSA) is 0 Å². The van der Waals surface area contributed by atoms with E-state index < -0.39 is 0 Å². The molecule has 2 heteroatoms. The van der Waals surface area contributed by atoms with E-state index in [1.807, 2.05) is 23.1 Å². The first kappa shape index (κ1) is 30.9. The third-order valence-electron chi connectivity index (χ3n) is 11.3. The maximum atomic E-state index is 2.51. The maximum absolute atomic E-state index is 2.51. The first-order valence-electron chi connectivity index (χ1n) is 18.4. The zero-order valence-electron chi connectivity index (χ0n) is 29.2. The summed E-state index contributed by atoms with van der Waals surface area (Å²) in [5.74, 6) is 0.284. The van der Waals surface area contributed by atoms with Crippen LogP contribution in [-0.4, -0.2) is 5.25 Å². The van der Waals surface area contributed by atoms with Crippen molar-refractivity contribution in [2.75, 3.05) is 0 Å². The van der Waals surface area contributed by atoms with Gasteiger partial charge in [-0.3, -0.25) is 0 Å². The molecule has 0 fully saturated rings. The van der Waals surface area contributed by atoms with Crippen LogP contribution in [0, 0.1) is 6.92 Å². The number of thiophene rings is 1. The van der Waals surface area contributed by atoms with Crippen molar-refractivity contribution in [3.63, 3.8) is 0 Å². The number of rotatable bonds is 4. The Bertz CT molecular complexity index is 2880. The van der Waals surface area contributed by atoms with Crippen LogP contribution in [0.4, 0.5) is 0 Å². The monoisotopic (exact) mass is 710 g/mol. The van der Waals surface area contributed by atoms with Crippen molar-refractivity contribution >= 4 is 71.8 Å². The molecule has 2 aliphatic rings. The molecule has 0 radical (unpaired) electrons. The van der Waals surface area contributed by atoms with Gasteiger partial charge >= 0.3 is 0 Å². The SMILES string of the molecule is Cc1ccc(-c2c3ccccc3c(-c3ccc4c(c3)C3C=CC=C(c5c6ccccc6c(-c6ccccc6)c6ccccc56)C3S4)c3ccccc23)s1. The third kappa shape index (κ3) is 4.76. The second-order valence-electron chi connectivity index (χ2n) is 14.3. The molecule has 0 nitrogen and oxygen atoms in total. The van der Waals surface area contributed by atoms with E-state index in [0.29, 0.717) is 0 Å². The van der Waals surface area contributed by atoms with Crippen LogP contribution in [0.1, 0.15) is 21.9 Å². The van der Waals surface area contributed by atoms with E-state index in [1.165, 1.54) is 102 Å². The number of fused-ring (bicyclic) bond motifs is 7. The summed E-state index contributed by atoms with van der Waals surface area (Å²) in [6.07, 6.45) is 7.15. The molecular formula is C51H34S2. The Labute approximate surface area is 317 Å². The normalized spacial score (nSPS) is 16.4. The van der Waals surface area contributed by atoms with E-state index in [4.69, 9.17) is 0 Å². The van der Waals surface area contributed by atoms with Gasteiger partial charge in [0.05, 0.1) is 0 Å². The molecule has 2 unspecified atom stereocenters. The molecule has 0 spiro atoms. The molecule has 2 heterocycles. The minimum absolute atomic E-state index is 0.284. The zero-order chi connectivity index (χ0) is 35.0. The molecule has 250 valence electrons. The van der Waals surface area contributed by atoms with Crippen molar-refractivity contribution in [2.45, 2.75) is 23.0 Å². The lowest BCUT2D eigenvalue weighted by molar-refractivity contribution is 0.895. The Kier molecular flexibility index (Phi) is 7.12. The first-order valence-corrected chi connectivity index (χ1v) is 20.1. The van der Waals surface area contributed by atoms with Gasteiger partial charge in [0.1, 0.15) is 0 Å². The van der Waals surface area contributed by atoms with Gasteiger partial charge in [-0.2, -0.15) is 0 Å². The van der Waals surface area contributed by atoms with Gasteiger partial charge in [0.2, 0.25) is 0 Å². The predicted octanol–water partition coefficient (Wildman–Crippen LogP) is 14.9. The Morgan fingerprint density at radius 2 is 0.962 bits per heavy atom. The van der Waals surface area contributed by atoms with Crippen LogP contribution in [0.3, 0.4) is 0 Å². The number of hydrogen-bond donors (Lipinski definition) is 0. The van der Waals surface area contributed by atoms with Gasteiger partial charge in [0, 0.05) is 31.4 Å². The second-order valence-corrected chi connectivity index (χ2v) is 16.8. The highest BCUT2D eigenvalue weighted by Crippen LogP contribution is 2.56. The van der Waals surface area contributed by atoms with E-state index in [-0.39, 0.29) is 11.2 Å². The van der Waals surface area contributed by atoms with Crippen molar-refractivity contribution in [3.8, 4) is 32.7 Å². The molecule has 53 heavy (non-hydrogen) atoms. The Morgan fingerprint density at radius 3 is 1.51 bits per heavy atom. The summed E-state index contributed by atoms with van der Waals surface area (Å²) in [5, 5.41) is 10.8. The van der Waals surface area contributed by atoms with Crippen molar-refractivity contribution in [3.05, 3.63) is 192 Å². The molecule has 1 aromatic heterocycles. The molecule has 1 aliphatic carbocycles. The van der Waals surface area contributed by atoms with Crippen LogP contribution in [0.5, 0.6) is 0 Å². The van der Waals surface area contributed by atoms with Crippen LogP contribution in [0.25, 0.3) is 81.4 Å². The summed E-state index contributed by atoms with van der Waals surface area (Å²) in [7, 11) is 0. The Morgan fingerprint density at radius 1 is 0.453 bits per heavy atom. The summed E-state index contributed by atoms with van der Waals surface area (Å²) in [6.45, 7) is 2.20. The average molecular weight is 711 g/mol. The molecule has 2 atom stereocenters. The van der Waals surface area contributed by atoms with Gasteiger partial charge in [-0.15, -0.1) is 23.1 Å². The molecular weight excluding hydrogens is 677 g/mol. The molecule has 9 aromatic rings. The average Bonchev–Trinajstić information content (AvgIpc) is 3.82. The fraction of sp³-hybridized carbons (Fsp3) is 0.0588. The predicted molar refractivity (Wildman–Crippen MR) is 231 cm³/mol. The van der Waals surface area contributed by atoms with E-state index in [1.54, 1.807) is 0 Å². The fourth-order valence-corrected chi connectivity index (χ4v) is 11.5. The summed E-state index contributed by atoms with van der Waals surface area (Å²) < 4.78 is 0. The molecule has 0 saturated carbocycles.